The van der Waals surface area contributed by atoms with Crippen molar-refractivity contribution in [2.24, 2.45) is 12.8 Å². The van der Waals surface area contributed by atoms with E-state index in [4.69, 9.17) is 5.73 Å². The summed E-state index contributed by atoms with van der Waals surface area (Å²) in [6.07, 6.45) is 0. The Morgan fingerprint density at radius 2 is 2.56 bits per heavy atom. The first-order valence-corrected chi connectivity index (χ1v) is 2.47. The van der Waals surface area contributed by atoms with Gasteiger partial charge in [-0.05, 0) is 0 Å². The van der Waals surface area contributed by atoms with Gasteiger partial charge < -0.3 is 10.2 Å². The molecular formula is C4H7N3O2. The lowest BCUT2D eigenvalue weighted by Crippen LogP contribution is -2.09. The van der Waals surface area contributed by atoms with Gasteiger partial charge in [-0.15, -0.1) is 5.10 Å². The largest absolute Gasteiger partial charge is 0.436 e. The first kappa shape index (κ1) is 6.03. The molecule has 1 rings (SSSR count). The monoisotopic (exact) mass is 129 g/mol. The van der Waals surface area contributed by atoms with Crippen molar-refractivity contribution in [1.82, 2.24) is 9.78 Å². The van der Waals surface area contributed by atoms with E-state index in [1.807, 2.05) is 0 Å². The summed E-state index contributed by atoms with van der Waals surface area (Å²) >= 11 is 0. The lowest BCUT2D eigenvalue weighted by Gasteiger charge is -1.78. The molecule has 0 aliphatic heterocycles. The number of aryl methyl sites for hydroxylation is 1. The van der Waals surface area contributed by atoms with Crippen LogP contribution in [0, 0.1) is 0 Å². The Hall–Kier alpha value is -1.10. The molecule has 0 aliphatic carbocycles. The molecule has 2 N–H and O–H groups in total. The maximum atomic E-state index is 10.5. The molecule has 0 spiro atoms. The van der Waals surface area contributed by atoms with Crippen molar-refractivity contribution in [2.45, 2.75) is 6.54 Å². The van der Waals surface area contributed by atoms with Gasteiger partial charge in [-0.3, -0.25) is 0 Å². The lowest BCUT2D eigenvalue weighted by molar-refractivity contribution is 0.455. The molecule has 9 heavy (non-hydrogen) atoms. The summed E-state index contributed by atoms with van der Waals surface area (Å²) in [5, 5.41) is 3.64. The predicted octanol–water partition coefficient (Wildman–Crippen LogP) is -1.17. The molecule has 0 atom stereocenters. The molecule has 0 radical (unpaired) electrons. The highest BCUT2D eigenvalue weighted by Gasteiger charge is 1.99. The number of hydrogen-bond acceptors (Lipinski definition) is 4. The zero-order valence-corrected chi connectivity index (χ0v) is 5.00. The molecule has 0 saturated carbocycles. The van der Waals surface area contributed by atoms with Crippen LogP contribution in [-0.4, -0.2) is 9.78 Å². The number of aromatic nitrogens is 2. The normalized spacial score (nSPS) is 10.0. The average molecular weight is 129 g/mol. The smallest absolute Gasteiger partial charge is 0.391 e. The van der Waals surface area contributed by atoms with E-state index < -0.39 is 5.76 Å². The summed E-state index contributed by atoms with van der Waals surface area (Å²) < 4.78 is 5.63. The van der Waals surface area contributed by atoms with Gasteiger partial charge in [0, 0.05) is 7.05 Å². The molecular weight excluding hydrogens is 122 g/mol. The Labute approximate surface area is 51.1 Å². The van der Waals surface area contributed by atoms with Crippen LogP contribution < -0.4 is 11.5 Å². The van der Waals surface area contributed by atoms with E-state index >= 15 is 0 Å². The Morgan fingerprint density at radius 1 is 1.89 bits per heavy atom. The van der Waals surface area contributed by atoms with E-state index in [1.165, 1.54) is 7.05 Å². The van der Waals surface area contributed by atoms with Crippen molar-refractivity contribution < 1.29 is 4.42 Å². The van der Waals surface area contributed by atoms with Crippen molar-refractivity contribution in [1.29, 1.82) is 0 Å². The highest BCUT2D eigenvalue weighted by atomic mass is 16.4. The molecule has 1 heterocycles. The third-order valence-electron chi connectivity index (χ3n) is 0.906. The molecule has 5 heteroatoms. The summed E-state index contributed by atoms with van der Waals surface area (Å²) in [7, 11) is 1.50. The third-order valence-corrected chi connectivity index (χ3v) is 0.906. The molecule has 50 valence electrons. The van der Waals surface area contributed by atoms with Crippen LogP contribution in [0.15, 0.2) is 9.21 Å². The van der Waals surface area contributed by atoms with Crippen LogP contribution in [0.3, 0.4) is 0 Å². The molecule has 0 unspecified atom stereocenters. The fraction of sp³-hybridized carbons (Fsp3) is 0.500. The summed E-state index contributed by atoms with van der Waals surface area (Å²) in [5.41, 5.74) is 5.12. The minimum Gasteiger partial charge on any atom is -0.391 e. The second-order valence-electron chi connectivity index (χ2n) is 1.59. The van der Waals surface area contributed by atoms with Crippen LogP contribution in [-0.2, 0) is 13.6 Å². The first-order valence-electron chi connectivity index (χ1n) is 2.47. The van der Waals surface area contributed by atoms with E-state index in [0.29, 0.717) is 0 Å². The van der Waals surface area contributed by atoms with Gasteiger partial charge in [-0.2, -0.15) is 4.68 Å². The Bertz CT molecular complexity index is 249. The van der Waals surface area contributed by atoms with Crippen molar-refractivity contribution in [2.75, 3.05) is 0 Å². The van der Waals surface area contributed by atoms with Crippen LogP contribution in [0.25, 0.3) is 0 Å². The Balaban J connectivity index is 3.13. The van der Waals surface area contributed by atoms with Crippen molar-refractivity contribution in [3.63, 3.8) is 0 Å². The predicted molar refractivity (Wildman–Crippen MR) is 29.6 cm³/mol. The van der Waals surface area contributed by atoms with Gasteiger partial charge in [-0.1, -0.05) is 0 Å². The molecule has 0 fully saturated rings. The quantitative estimate of drug-likeness (QED) is 0.518. The SMILES string of the molecule is Cn1nc(CN)oc1=O. The molecule has 0 aromatic carbocycles. The second-order valence-corrected chi connectivity index (χ2v) is 1.59. The third kappa shape index (κ3) is 0.996. The minimum atomic E-state index is -0.476. The summed E-state index contributed by atoms with van der Waals surface area (Å²) in [6.45, 7) is 0.163. The maximum absolute atomic E-state index is 10.5. The van der Waals surface area contributed by atoms with Crippen LogP contribution in [0.4, 0.5) is 0 Å². The van der Waals surface area contributed by atoms with Crippen molar-refractivity contribution >= 4 is 0 Å². The molecule has 5 nitrogen and oxygen atoms in total. The summed E-state index contributed by atoms with van der Waals surface area (Å²) in [5.74, 6) is -0.210. The van der Waals surface area contributed by atoms with E-state index in [1.54, 1.807) is 0 Å². The van der Waals surface area contributed by atoms with Gasteiger partial charge in [0.25, 0.3) is 0 Å². The van der Waals surface area contributed by atoms with E-state index in [-0.39, 0.29) is 12.4 Å². The van der Waals surface area contributed by atoms with E-state index in [2.05, 4.69) is 9.52 Å². The van der Waals surface area contributed by atoms with Crippen LogP contribution in [0.1, 0.15) is 5.89 Å². The zero-order chi connectivity index (χ0) is 6.85. The standard InChI is InChI=1S/C4H7N3O2/c1-7-4(8)9-3(2-5)6-7/h2,5H2,1H3. The summed E-state index contributed by atoms with van der Waals surface area (Å²) in [4.78, 5) is 10.5. The van der Waals surface area contributed by atoms with Gasteiger partial charge >= 0.3 is 5.76 Å². The van der Waals surface area contributed by atoms with E-state index in [0.717, 1.165) is 4.68 Å². The van der Waals surface area contributed by atoms with Crippen LogP contribution >= 0.6 is 0 Å². The highest BCUT2D eigenvalue weighted by molar-refractivity contribution is 4.70. The second kappa shape index (κ2) is 2.02. The topological polar surface area (TPSA) is 74.1 Å². The first-order chi connectivity index (χ1) is 4.24. The number of nitrogens with zero attached hydrogens (tertiary/aromatic N) is 2. The van der Waals surface area contributed by atoms with Gasteiger partial charge in [0.2, 0.25) is 5.89 Å². The number of rotatable bonds is 1. The molecule has 0 saturated heterocycles. The highest BCUT2D eigenvalue weighted by Crippen LogP contribution is 1.83. The zero-order valence-electron chi connectivity index (χ0n) is 5.00. The number of nitrogens with two attached hydrogens (primary N) is 1. The fourth-order valence-electron chi connectivity index (χ4n) is 0.478. The van der Waals surface area contributed by atoms with E-state index in [9.17, 15) is 4.79 Å². The van der Waals surface area contributed by atoms with Crippen LogP contribution in [0.2, 0.25) is 0 Å². The Morgan fingerprint density at radius 3 is 2.78 bits per heavy atom. The number of hydrogen-bond donors (Lipinski definition) is 1. The maximum Gasteiger partial charge on any atom is 0.436 e. The molecule has 1 aromatic rings. The molecule has 1 aromatic heterocycles. The van der Waals surface area contributed by atoms with Gasteiger partial charge in [0.1, 0.15) is 0 Å². The fourth-order valence-corrected chi connectivity index (χ4v) is 0.478. The Kier molecular flexibility index (Phi) is 1.35. The van der Waals surface area contributed by atoms with Crippen molar-refractivity contribution in [3.05, 3.63) is 16.4 Å². The van der Waals surface area contributed by atoms with Gasteiger partial charge in [0.05, 0.1) is 6.54 Å². The van der Waals surface area contributed by atoms with Gasteiger partial charge in [-0.25, -0.2) is 4.79 Å². The minimum absolute atomic E-state index is 0.163. The lowest BCUT2D eigenvalue weighted by atomic mass is 10.7. The summed E-state index contributed by atoms with van der Waals surface area (Å²) in [6, 6.07) is 0. The molecule has 0 amide bonds. The molecule has 0 aliphatic rings. The van der Waals surface area contributed by atoms with Crippen LogP contribution in [0.5, 0.6) is 0 Å². The van der Waals surface area contributed by atoms with Crippen molar-refractivity contribution in [3.8, 4) is 0 Å². The average Bonchev–Trinajstić information content (AvgIpc) is 2.13. The van der Waals surface area contributed by atoms with Gasteiger partial charge in [0.15, 0.2) is 0 Å². The molecule has 0 bridgehead atoms.